The van der Waals surface area contributed by atoms with Crippen molar-refractivity contribution in [3.05, 3.63) is 50.2 Å². The molecule has 7 nitrogen and oxygen atoms in total. The van der Waals surface area contributed by atoms with Gasteiger partial charge in [-0.3, -0.25) is 9.36 Å². The molecule has 0 amide bonds. The van der Waals surface area contributed by atoms with Gasteiger partial charge in [-0.1, -0.05) is 15.9 Å². The van der Waals surface area contributed by atoms with Crippen molar-refractivity contribution in [3.8, 4) is 11.9 Å². The van der Waals surface area contributed by atoms with Crippen LogP contribution in [0.1, 0.15) is 11.1 Å². The lowest BCUT2D eigenvalue weighted by Crippen LogP contribution is -2.23. The fourth-order valence-corrected chi connectivity index (χ4v) is 2.33. The smallest absolute Gasteiger partial charge is 0.281 e. The second-order valence-corrected chi connectivity index (χ2v) is 5.83. The molecule has 1 N–H and O–H groups in total. The molecule has 0 aliphatic heterocycles. The first kappa shape index (κ1) is 17.8. The van der Waals surface area contributed by atoms with Crippen LogP contribution in [0.15, 0.2) is 43.8 Å². The van der Waals surface area contributed by atoms with Crippen molar-refractivity contribution in [1.82, 2.24) is 4.57 Å². The molecule has 0 saturated heterocycles. The molecular weight excluding hydrogens is 376 g/mol. The Morgan fingerprint density at radius 3 is 2.58 bits per heavy atom. The van der Waals surface area contributed by atoms with Crippen LogP contribution >= 0.6 is 15.9 Å². The molecule has 0 radical (unpaired) electrons. The minimum Gasteiger partial charge on any atom is -0.493 e. The molecule has 1 aromatic carbocycles. The highest BCUT2D eigenvalue weighted by atomic mass is 79.9. The predicted octanol–water partition coefficient (Wildman–Crippen LogP) is 3.56. The van der Waals surface area contributed by atoms with Gasteiger partial charge >= 0.3 is 0 Å². The van der Waals surface area contributed by atoms with Crippen molar-refractivity contribution in [2.75, 3.05) is 13.7 Å². The van der Waals surface area contributed by atoms with Crippen LogP contribution in [0.3, 0.4) is 0 Å². The quantitative estimate of drug-likeness (QED) is 0.788. The van der Waals surface area contributed by atoms with E-state index in [4.69, 9.17) is 4.74 Å². The zero-order valence-electron chi connectivity index (χ0n) is 13.2. The number of pyridine rings is 1. The summed E-state index contributed by atoms with van der Waals surface area (Å²) in [5.41, 5.74) is 0.335. The highest BCUT2D eigenvalue weighted by molar-refractivity contribution is 9.10. The van der Waals surface area contributed by atoms with Crippen LogP contribution < -0.4 is 5.56 Å². The summed E-state index contributed by atoms with van der Waals surface area (Å²) in [7, 11) is 1.48. The summed E-state index contributed by atoms with van der Waals surface area (Å²) in [6.07, 6.45) is 0. The lowest BCUT2D eigenvalue weighted by Gasteiger charge is -2.12. The van der Waals surface area contributed by atoms with Crippen LogP contribution in [-0.2, 0) is 11.3 Å². The fourth-order valence-electron chi connectivity index (χ4n) is 2.06. The molecule has 0 aliphatic rings. The van der Waals surface area contributed by atoms with Crippen LogP contribution in [0.25, 0.3) is 0 Å². The third-order valence-corrected chi connectivity index (χ3v) is 3.91. The Bertz CT molecular complexity index is 867. The van der Waals surface area contributed by atoms with Crippen molar-refractivity contribution in [2.24, 2.45) is 10.2 Å². The Balaban J connectivity index is 2.54. The number of hydrogen-bond donors (Lipinski definition) is 1. The number of halogens is 1. The second kappa shape index (κ2) is 7.86. The Morgan fingerprint density at radius 1 is 1.33 bits per heavy atom. The molecule has 0 fully saturated rings. The summed E-state index contributed by atoms with van der Waals surface area (Å²) in [6.45, 7) is 1.87. The number of aromatic hydroxyl groups is 1. The SMILES string of the molecule is COCCn1c(O)c(C#N)c(C)c(N=Nc2ccc(Br)cc2)c1=O. The summed E-state index contributed by atoms with van der Waals surface area (Å²) < 4.78 is 6.89. The van der Waals surface area contributed by atoms with E-state index in [0.717, 1.165) is 9.04 Å². The number of azo groups is 1. The third-order valence-electron chi connectivity index (χ3n) is 3.38. The molecule has 124 valence electrons. The van der Waals surface area contributed by atoms with Crippen molar-refractivity contribution >= 4 is 27.3 Å². The highest BCUT2D eigenvalue weighted by Gasteiger charge is 2.18. The van der Waals surface area contributed by atoms with E-state index >= 15 is 0 Å². The lowest BCUT2D eigenvalue weighted by atomic mass is 10.1. The Kier molecular flexibility index (Phi) is 5.84. The molecule has 1 aromatic heterocycles. The average Bonchev–Trinajstić information content (AvgIpc) is 2.57. The van der Waals surface area contributed by atoms with Gasteiger partial charge in [-0.25, -0.2) is 0 Å². The predicted molar refractivity (Wildman–Crippen MR) is 92.0 cm³/mol. The zero-order valence-corrected chi connectivity index (χ0v) is 14.7. The maximum absolute atomic E-state index is 12.5. The molecule has 8 heteroatoms. The average molecular weight is 391 g/mol. The van der Waals surface area contributed by atoms with Gasteiger partial charge in [0.15, 0.2) is 5.69 Å². The van der Waals surface area contributed by atoms with Crippen molar-refractivity contribution in [2.45, 2.75) is 13.5 Å². The molecular formula is C16H15BrN4O3. The zero-order chi connectivity index (χ0) is 17.7. The Labute approximate surface area is 147 Å². The highest BCUT2D eigenvalue weighted by Crippen LogP contribution is 2.27. The minimum atomic E-state index is -0.526. The van der Waals surface area contributed by atoms with Gasteiger partial charge in [0.25, 0.3) is 5.56 Å². The number of methoxy groups -OCH3 is 1. The molecule has 0 aliphatic carbocycles. The van der Waals surface area contributed by atoms with Gasteiger partial charge in [-0.15, -0.1) is 5.11 Å². The van der Waals surface area contributed by atoms with E-state index in [1.165, 1.54) is 7.11 Å². The first-order valence-corrected chi connectivity index (χ1v) is 7.81. The van der Waals surface area contributed by atoms with Gasteiger partial charge in [-0.05, 0) is 31.2 Å². The normalized spacial score (nSPS) is 10.9. The maximum Gasteiger partial charge on any atom is 0.281 e. The van der Waals surface area contributed by atoms with E-state index in [-0.39, 0.29) is 35.8 Å². The van der Waals surface area contributed by atoms with Crippen LogP contribution in [0.2, 0.25) is 0 Å². The molecule has 0 atom stereocenters. The van der Waals surface area contributed by atoms with Gasteiger partial charge in [-0.2, -0.15) is 10.4 Å². The van der Waals surface area contributed by atoms with Crippen LogP contribution in [0.5, 0.6) is 5.88 Å². The van der Waals surface area contributed by atoms with Gasteiger partial charge in [0.2, 0.25) is 5.88 Å². The van der Waals surface area contributed by atoms with Crippen LogP contribution in [-0.4, -0.2) is 23.4 Å². The molecule has 0 spiro atoms. The summed E-state index contributed by atoms with van der Waals surface area (Å²) in [5.74, 6) is -0.389. The molecule has 0 bridgehead atoms. The van der Waals surface area contributed by atoms with Gasteiger partial charge < -0.3 is 9.84 Å². The Hall–Kier alpha value is -2.50. The van der Waals surface area contributed by atoms with E-state index in [1.807, 2.05) is 6.07 Å². The number of rotatable bonds is 5. The summed E-state index contributed by atoms with van der Waals surface area (Å²) in [5, 5.41) is 27.4. The fraction of sp³-hybridized carbons (Fsp3) is 0.250. The minimum absolute atomic E-state index is 0.00420. The van der Waals surface area contributed by atoms with E-state index in [2.05, 4.69) is 26.2 Å². The monoisotopic (exact) mass is 390 g/mol. The van der Waals surface area contributed by atoms with E-state index < -0.39 is 5.56 Å². The van der Waals surface area contributed by atoms with Crippen molar-refractivity contribution < 1.29 is 9.84 Å². The lowest BCUT2D eigenvalue weighted by molar-refractivity contribution is 0.182. The molecule has 0 saturated carbocycles. The van der Waals surface area contributed by atoms with E-state index in [0.29, 0.717) is 5.69 Å². The van der Waals surface area contributed by atoms with Crippen LogP contribution in [0.4, 0.5) is 11.4 Å². The first-order chi connectivity index (χ1) is 11.5. The van der Waals surface area contributed by atoms with Gasteiger partial charge in [0, 0.05) is 17.1 Å². The number of nitriles is 1. The number of nitrogens with zero attached hydrogens (tertiary/aromatic N) is 4. The second-order valence-electron chi connectivity index (χ2n) is 4.91. The largest absolute Gasteiger partial charge is 0.493 e. The first-order valence-electron chi connectivity index (χ1n) is 7.02. The molecule has 24 heavy (non-hydrogen) atoms. The number of hydrogen-bond acceptors (Lipinski definition) is 6. The molecule has 2 aromatic rings. The molecule has 0 unspecified atom stereocenters. The van der Waals surface area contributed by atoms with Gasteiger partial charge in [0.1, 0.15) is 11.6 Å². The third kappa shape index (κ3) is 3.69. The summed E-state index contributed by atoms with van der Waals surface area (Å²) in [6, 6.07) is 8.97. The topological polar surface area (TPSA) is 100.0 Å². The van der Waals surface area contributed by atoms with Crippen LogP contribution in [0, 0.1) is 18.3 Å². The van der Waals surface area contributed by atoms with Crippen molar-refractivity contribution in [1.29, 1.82) is 5.26 Å². The Morgan fingerprint density at radius 2 is 2.00 bits per heavy atom. The van der Waals surface area contributed by atoms with Gasteiger partial charge in [0.05, 0.1) is 18.8 Å². The number of benzene rings is 1. The number of aromatic nitrogens is 1. The van der Waals surface area contributed by atoms with Crippen molar-refractivity contribution in [3.63, 3.8) is 0 Å². The molecule has 2 rings (SSSR count). The maximum atomic E-state index is 12.5. The van der Waals surface area contributed by atoms with E-state index in [1.54, 1.807) is 31.2 Å². The molecule has 1 heterocycles. The number of ether oxygens (including phenoxy) is 1. The summed E-state index contributed by atoms with van der Waals surface area (Å²) >= 11 is 3.32. The standard InChI is InChI=1S/C16H15BrN4O3/c1-10-13(9-18)15(22)21(7-8-24-2)16(23)14(10)20-19-12-5-3-11(17)4-6-12/h3-6,22H,7-8H2,1-2H3. The summed E-state index contributed by atoms with van der Waals surface area (Å²) in [4.78, 5) is 12.5. The van der Waals surface area contributed by atoms with E-state index in [9.17, 15) is 15.2 Å².